The molecule has 1 aromatic carbocycles. The van der Waals surface area contributed by atoms with E-state index in [1.54, 1.807) is 31.3 Å². The molecular weight excluding hydrogens is 339 g/mol. The second kappa shape index (κ2) is 6.20. The predicted molar refractivity (Wildman–Crippen MR) is 85.4 cm³/mol. The molecule has 24 heavy (non-hydrogen) atoms. The highest BCUT2D eigenvalue weighted by molar-refractivity contribution is 6.29. The van der Waals surface area contributed by atoms with Gasteiger partial charge in [0.2, 0.25) is 0 Å². The molecule has 122 valence electrons. The van der Waals surface area contributed by atoms with Crippen LogP contribution in [0.2, 0.25) is 5.15 Å². The highest BCUT2D eigenvalue weighted by Crippen LogP contribution is 2.31. The standard InChI is InChI=1S/C17H11ClF3N3/c1-10-8-14(11-2-4-13(5-3-11)17(19,20)21)24-16(23-10)12-6-7-22-15(18)9-12/h2-9H,1H3. The first kappa shape index (κ1) is 16.4. The van der Waals surface area contributed by atoms with Crippen molar-refractivity contribution >= 4 is 11.6 Å². The van der Waals surface area contributed by atoms with Gasteiger partial charge in [-0.15, -0.1) is 0 Å². The predicted octanol–water partition coefficient (Wildman–Crippen LogP) is 5.19. The van der Waals surface area contributed by atoms with Gasteiger partial charge in [-0.2, -0.15) is 13.2 Å². The van der Waals surface area contributed by atoms with Crippen molar-refractivity contribution in [2.24, 2.45) is 0 Å². The molecule has 7 heteroatoms. The average Bonchev–Trinajstić information content (AvgIpc) is 2.53. The van der Waals surface area contributed by atoms with Crippen LogP contribution in [0.5, 0.6) is 0 Å². The van der Waals surface area contributed by atoms with Gasteiger partial charge in [-0.05, 0) is 37.3 Å². The van der Waals surface area contributed by atoms with E-state index in [0.717, 1.165) is 12.1 Å². The van der Waals surface area contributed by atoms with Gasteiger partial charge in [0.15, 0.2) is 5.82 Å². The van der Waals surface area contributed by atoms with Gasteiger partial charge in [0, 0.05) is 23.0 Å². The number of alkyl halides is 3. The van der Waals surface area contributed by atoms with Gasteiger partial charge >= 0.3 is 6.18 Å². The lowest BCUT2D eigenvalue weighted by molar-refractivity contribution is -0.137. The van der Waals surface area contributed by atoms with Gasteiger partial charge in [0.1, 0.15) is 5.15 Å². The number of hydrogen-bond donors (Lipinski definition) is 0. The molecule has 0 saturated heterocycles. The lowest BCUT2D eigenvalue weighted by Gasteiger charge is -2.09. The van der Waals surface area contributed by atoms with E-state index in [-0.39, 0.29) is 0 Å². The first-order valence-electron chi connectivity index (χ1n) is 6.98. The van der Waals surface area contributed by atoms with E-state index in [9.17, 15) is 13.2 Å². The Kier molecular flexibility index (Phi) is 4.24. The number of aryl methyl sites for hydroxylation is 1. The van der Waals surface area contributed by atoms with Gasteiger partial charge in [0.25, 0.3) is 0 Å². The number of aromatic nitrogens is 3. The topological polar surface area (TPSA) is 38.7 Å². The fourth-order valence-corrected chi connectivity index (χ4v) is 2.39. The largest absolute Gasteiger partial charge is 0.416 e. The van der Waals surface area contributed by atoms with Crippen LogP contribution in [0, 0.1) is 6.92 Å². The molecule has 3 aromatic rings. The van der Waals surface area contributed by atoms with Crippen molar-refractivity contribution in [3.8, 4) is 22.6 Å². The lowest BCUT2D eigenvalue weighted by Crippen LogP contribution is -2.04. The third-order valence-electron chi connectivity index (χ3n) is 3.35. The summed E-state index contributed by atoms with van der Waals surface area (Å²) in [5, 5.41) is 0.314. The molecule has 0 aliphatic rings. The maximum absolute atomic E-state index is 12.7. The number of halogens is 4. The van der Waals surface area contributed by atoms with E-state index in [0.29, 0.717) is 33.5 Å². The second-order valence-electron chi connectivity index (χ2n) is 5.16. The van der Waals surface area contributed by atoms with Crippen molar-refractivity contribution in [3.63, 3.8) is 0 Å². The van der Waals surface area contributed by atoms with Crippen molar-refractivity contribution in [3.05, 3.63) is 65.1 Å². The highest BCUT2D eigenvalue weighted by atomic mass is 35.5. The minimum atomic E-state index is -4.36. The van der Waals surface area contributed by atoms with Crippen LogP contribution in [0.4, 0.5) is 13.2 Å². The van der Waals surface area contributed by atoms with E-state index in [2.05, 4.69) is 15.0 Å². The Bertz CT molecular complexity index is 877. The Labute approximate surface area is 141 Å². The molecule has 3 nitrogen and oxygen atoms in total. The number of nitrogens with zero attached hydrogens (tertiary/aromatic N) is 3. The molecule has 0 saturated carbocycles. The highest BCUT2D eigenvalue weighted by Gasteiger charge is 2.30. The Balaban J connectivity index is 2.03. The lowest BCUT2D eigenvalue weighted by atomic mass is 10.1. The fourth-order valence-electron chi connectivity index (χ4n) is 2.22. The third kappa shape index (κ3) is 3.54. The van der Waals surface area contributed by atoms with Crippen molar-refractivity contribution in [1.82, 2.24) is 15.0 Å². The van der Waals surface area contributed by atoms with Crippen LogP contribution in [-0.2, 0) is 6.18 Å². The maximum atomic E-state index is 12.7. The van der Waals surface area contributed by atoms with Crippen LogP contribution in [-0.4, -0.2) is 15.0 Å². The van der Waals surface area contributed by atoms with E-state index in [4.69, 9.17) is 11.6 Å². The van der Waals surface area contributed by atoms with Crippen LogP contribution in [0.25, 0.3) is 22.6 Å². The summed E-state index contributed by atoms with van der Waals surface area (Å²) in [7, 11) is 0. The van der Waals surface area contributed by atoms with Crippen LogP contribution >= 0.6 is 11.6 Å². The quantitative estimate of drug-likeness (QED) is 0.598. The number of pyridine rings is 1. The summed E-state index contributed by atoms with van der Waals surface area (Å²) in [6.07, 6.45) is -2.82. The van der Waals surface area contributed by atoms with Gasteiger partial charge in [-0.1, -0.05) is 23.7 Å². The zero-order valence-corrected chi connectivity index (χ0v) is 13.2. The average molecular weight is 350 g/mol. The monoisotopic (exact) mass is 349 g/mol. The Morgan fingerprint density at radius 2 is 1.62 bits per heavy atom. The molecule has 3 rings (SSSR count). The van der Waals surface area contributed by atoms with Crippen molar-refractivity contribution in [2.75, 3.05) is 0 Å². The van der Waals surface area contributed by atoms with Crippen LogP contribution in [0.15, 0.2) is 48.7 Å². The summed E-state index contributed by atoms with van der Waals surface area (Å²) in [5.41, 5.74) is 1.81. The van der Waals surface area contributed by atoms with E-state index < -0.39 is 11.7 Å². The van der Waals surface area contributed by atoms with Crippen LogP contribution < -0.4 is 0 Å². The molecule has 0 spiro atoms. The number of hydrogen-bond acceptors (Lipinski definition) is 3. The van der Waals surface area contributed by atoms with Gasteiger partial charge in [-0.25, -0.2) is 15.0 Å². The molecule has 0 aliphatic heterocycles. The Morgan fingerprint density at radius 3 is 2.25 bits per heavy atom. The number of rotatable bonds is 2. The number of benzene rings is 1. The van der Waals surface area contributed by atoms with E-state index in [1.165, 1.54) is 12.1 Å². The van der Waals surface area contributed by atoms with Gasteiger partial charge in [0.05, 0.1) is 11.3 Å². The second-order valence-corrected chi connectivity index (χ2v) is 5.55. The molecular formula is C17H11ClF3N3. The summed E-state index contributed by atoms with van der Waals surface area (Å²) in [6, 6.07) is 9.94. The summed E-state index contributed by atoms with van der Waals surface area (Å²) in [6.45, 7) is 1.79. The first-order chi connectivity index (χ1) is 11.3. The smallest absolute Gasteiger partial charge is 0.245 e. The molecule has 0 radical (unpaired) electrons. The van der Waals surface area contributed by atoms with Gasteiger partial charge in [-0.3, -0.25) is 0 Å². The molecule has 0 bridgehead atoms. The van der Waals surface area contributed by atoms with Crippen molar-refractivity contribution in [1.29, 1.82) is 0 Å². The zero-order valence-electron chi connectivity index (χ0n) is 12.5. The van der Waals surface area contributed by atoms with E-state index in [1.807, 2.05) is 0 Å². The van der Waals surface area contributed by atoms with Crippen molar-refractivity contribution < 1.29 is 13.2 Å². The Morgan fingerprint density at radius 1 is 0.917 bits per heavy atom. The minimum absolute atomic E-state index is 0.314. The first-order valence-corrected chi connectivity index (χ1v) is 7.36. The summed E-state index contributed by atoms with van der Waals surface area (Å²) in [4.78, 5) is 12.7. The normalized spacial score (nSPS) is 11.5. The molecule has 2 aromatic heterocycles. The van der Waals surface area contributed by atoms with E-state index >= 15 is 0 Å². The summed E-state index contributed by atoms with van der Waals surface area (Å²) < 4.78 is 38.0. The maximum Gasteiger partial charge on any atom is 0.416 e. The van der Waals surface area contributed by atoms with Gasteiger partial charge < -0.3 is 0 Å². The fraction of sp³-hybridized carbons (Fsp3) is 0.118. The Hall–Kier alpha value is -2.47. The minimum Gasteiger partial charge on any atom is -0.245 e. The molecule has 0 amide bonds. The summed E-state index contributed by atoms with van der Waals surface area (Å²) in [5.74, 6) is 0.439. The molecule has 0 atom stereocenters. The molecule has 0 unspecified atom stereocenters. The van der Waals surface area contributed by atoms with Crippen LogP contribution in [0.3, 0.4) is 0 Å². The molecule has 0 fully saturated rings. The summed E-state index contributed by atoms with van der Waals surface area (Å²) >= 11 is 5.88. The molecule has 2 heterocycles. The third-order valence-corrected chi connectivity index (χ3v) is 3.55. The van der Waals surface area contributed by atoms with Crippen LogP contribution in [0.1, 0.15) is 11.3 Å². The molecule has 0 N–H and O–H groups in total. The SMILES string of the molecule is Cc1cc(-c2ccc(C(F)(F)F)cc2)nc(-c2ccnc(Cl)c2)n1. The molecule has 0 aliphatic carbocycles. The van der Waals surface area contributed by atoms with Crippen molar-refractivity contribution in [2.45, 2.75) is 13.1 Å². The zero-order chi connectivity index (χ0) is 17.3.